The van der Waals surface area contributed by atoms with Crippen molar-refractivity contribution in [3.63, 3.8) is 0 Å². The number of amides is 8. The van der Waals surface area contributed by atoms with Crippen LogP contribution in [0.1, 0.15) is 97.1 Å². The SMILES string of the molecule is CCC(C)C(NC(=O)C(NC(=O)C(CCSC)NC(=O)C(N)CCCCN)C(C)C)C(=O)NC(Cc1ccc(O)cc1)C(=O)NC(Cc1c[nH]c2ccccc12)C(=O)NC(CCCCN)C(=O)NC(C)C(=O)NCC(=O)O. The monoisotopic (exact) mass is 1090 g/mol. The van der Waals surface area contributed by atoms with Crippen LogP contribution in [-0.2, 0) is 56.0 Å². The van der Waals surface area contributed by atoms with Crippen molar-refractivity contribution < 1.29 is 53.4 Å². The van der Waals surface area contributed by atoms with Crippen molar-refractivity contribution in [2.75, 3.05) is 31.6 Å². The van der Waals surface area contributed by atoms with Gasteiger partial charge in [0.05, 0.1) is 6.04 Å². The first-order valence-corrected chi connectivity index (χ1v) is 27.6. The number of nitrogens with two attached hydrogens (primary N) is 3. The molecule has 3 aromatic rings. The minimum Gasteiger partial charge on any atom is -0.508 e. The first-order valence-electron chi connectivity index (χ1n) is 26.2. The molecule has 8 amide bonds. The van der Waals surface area contributed by atoms with Crippen LogP contribution in [0.4, 0.5) is 0 Å². The summed E-state index contributed by atoms with van der Waals surface area (Å²) in [4.78, 5) is 126. The summed E-state index contributed by atoms with van der Waals surface area (Å²) in [7, 11) is 0. The van der Waals surface area contributed by atoms with Gasteiger partial charge < -0.3 is 74.9 Å². The van der Waals surface area contributed by atoms with Crippen molar-refractivity contribution in [2.24, 2.45) is 29.0 Å². The molecule has 0 saturated heterocycles. The molecule has 0 saturated carbocycles. The molecule has 17 N–H and O–H groups in total. The molecule has 0 bridgehead atoms. The van der Waals surface area contributed by atoms with Crippen LogP contribution in [0.25, 0.3) is 10.9 Å². The zero-order valence-electron chi connectivity index (χ0n) is 45.1. The topological polar surface area (TPSA) is 384 Å². The van der Waals surface area contributed by atoms with Crippen molar-refractivity contribution in [2.45, 2.75) is 147 Å². The van der Waals surface area contributed by atoms with Gasteiger partial charge in [-0.2, -0.15) is 11.8 Å². The third kappa shape index (κ3) is 21.7. The molecule has 0 spiro atoms. The van der Waals surface area contributed by atoms with Gasteiger partial charge in [-0.05, 0) is 112 Å². The summed E-state index contributed by atoms with van der Waals surface area (Å²) in [5.74, 6) is -7.58. The molecule has 24 heteroatoms. The predicted molar refractivity (Wildman–Crippen MR) is 295 cm³/mol. The first-order chi connectivity index (χ1) is 36.6. The minimum atomic E-state index is -1.41. The molecule has 0 fully saturated rings. The number of thioether (sulfide) groups is 1. The highest BCUT2D eigenvalue weighted by molar-refractivity contribution is 7.98. The van der Waals surface area contributed by atoms with E-state index in [0.29, 0.717) is 61.9 Å². The number of aromatic amines is 1. The largest absolute Gasteiger partial charge is 0.508 e. The summed E-state index contributed by atoms with van der Waals surface area (Å²) in [5.41, 5.74) is 19.4. The van der Waals surface area contributed by atoms with E-state index in [0.717, 1.165) is 10.9 Å². The Hall–Kier alpha value is -6.76. The van der Waals surface area contributed by atoms with Crippen LogP contribution in [-0.4, -0.2) is 148 Å². The van der Waals surface area contributed by atoms with Crippen LogP contribution < -0.4 is 59.7 Å². The zero-order chi connectivity index (χ0) is 57.2. The molecule has 77 heavy (non-hydrogen) atoms. The van der Waals surface area contributed by atoms with Crippen LogP contribution in [0.5, 0.6) is 5.75 Å². The molecule has 9 unspecified atom stereocenters. The number of carbonyl (C=O) groups is 9. The van der Waals surface area contributed by atoms with E-state index in [4.69, 9.17) is 22.3 Å². The number of phenolic OH excluding ortho intramolecular Hbond substituents is 1. The van der Waals surface area contributed by atoms with Crippen molar-refractivity contribution in [3.05, 3.63) is 65.9 Å². The Morgan fingerprint density at radius 1 is 0.610 bits per heavy atom. The summed E-state index contributed by atoms with van der Waals surface area (Å²) >= 11 is 1.47. The summed E-state index contributed by atoms with van der Waals surface area (Å²) in [6.45, 7) is 8.38. The van der Waals surface area contributed by atoms with Crippen molar-refractivity contribution in [3.8, 4) is 5.75 Å². The van der Waals surface area contributed by atoms with E-state index in [1.165, 1.54) is 30.8 Å². The van der Waals surface area contributed by atoms with Gasteiger partial charge in [0.2, 0.25) is 47.3 Å². The molecule has 2 aromatic carbocycles. The number of para-hydroxylation sites is 1. The number of aliphatic carboxylic acids is 1. The van der Waals surface area contributed by atoms with E-state index in [-0.39, 0.29) is 38.0 Å². The van der Waals surface area contributed by atoms with Gasteiger partial charge in [-0.1, -0.05) is 70.9 Å². The van der Waals surface area contributed by atoms with Crippen LogP contribution in [0.2, 0.25) is 0 Å². The molecular formula is C53H82N12O11S. The van der Waals surface area contributed by atoms with E-state index in [1.807, 2.05) is 31.4 Å². The van der Waals surface area contributed by atoms with E-state index >= 15 is 0 Å². The van der Waals surface area contributed by atoms with E-state index < -0.39 is 120 Å². The number of aromatic hydroxyl groups is 1. The average molecular weight is 1100 g/mol. The lowest BCUT2D eigenvalue weighted by Gasteiger charge is -2.31. The number of hydrogen-bond donors (Lipinski definition) is 14. The quantitative estimate of drug-likeness (QED) is 0.0353. The number of aromatic nitrogens is 1. The van der Waals surface area contributed by atoms with Crippen molar-refractivity contribution >= 4 is 75.9 Å². The highest BCUT2D eigenvalue weighted by Crippen LogP contribution is 2.21. The molecule has 0 aliphatic heterocycles. The van der Waals surface area contributed by atoms with Gasteiger partial charge in [0.1, 0.15) is 54.6 Å². The highest BCUT2D eigenvalue weighted by Gasteiger charge is 2.37. The van der Waals surface area contributed by atoms with E-state index in [2.05, 4.69) is 47.5 Å². The molecule has 0 aliphatic carbocycles. The number of carboxylic acid groups (broad SMARTS) is 1. The Morgan fingerprint density at radius 2 is 1.14 bits per heavy atom. The number of hydrogen-bond acceptors (Lipinski definition) is 14. The number of H-pyrrole nitrogens is 1. The maximum Gasteiger partial charge on any atom is 0.322 e. The normalized spacial score (nSPS) is 14.8. The van der Waals surface area contributed by atoms with Gasteiger partial charge in [0.25, 0.3) is 0 Å². The lowest BCUT2D eigenvalue weighted by molar-refractivity contribution is -0.138. The molecular weight excluding hydrogens is 1010 g/mol. The fourth-order valence-corrected chi connectivity index (χ4v) is 8.70. The Kier molecular flexibility index (Phi) is 28.0. The standard InChI is InChI=1S/C53H82N12O11S/c1-7-31(4)45(65-52(75)44(30(2)3)64-49(72)40(22-25-77-6)60-47(70)37(56)15-10-12-23-54)53(76)63-41(26-33-18-20-35(66)21-19-33)50(73)62-42(27-34-28-57-38-16-9-8-14-36(34)38)51(74)61-39(17-11-13-24-55)48(71)59-32(5)46(69)58-29-43(67)68/h8-9,14,16,18-21,28,30-32,37,39-42,44-45,57,66H,7,10-13,15,17,22-27,29,54-56H2,1-6H3,(H,58,69)(H,59,71)(H,60,70)(H,61,74)(H,62,73)(H,63,76)(H,64,72)(H,65,75)(H,67,68). The van der Waals surface area contributed by atoms with E-state index in [1.54, 1.807) is 45.2 Å². The highest BCUT2D eigenvalue weighted by atomic mass is 32.2. The molecule has 9 atom stereocenters. The fourth-order valence-electron chi connectivity index (χ4n) is 8.23. The Bertz CT molecular complexity index is 2420. The van der Waals surface area contributed by atoms with Gasteiger partial charge in [0.15, 0.2) is 0 Å². The second-order valence-corrected chi connectivity index (χ2v) is 20.6. The predicted octanol–water partition coefficient (Wildman–Crippen LogP) is 0.313. The molecule has 0 radical (unpaired) electrons. The lowest BCUT2D eigenvalue weighted by Crippen LogP contribution is -2.62. The molecule has 0 aliphatic rings. The fraction of sp³-hybridized carbons (Fsp3) is 0.566. The van der Waals surface area contributed by atoms with Crippen LogP contribution in [0.3, 0.4) is 0 Å². The molecule has 1 heterocycles. The van der Waals surface area contributed by atoms with Crippen LogP contribution in [0, 0.1) is 11.8 Å². The summed E-state index contributed by atoms with van der Waals surface area (Å²) in [6.07, 6.45) is 6.53. The van der Waals surface area contributed by atoms with Gasteiger partial charge in [0, 0.05) is 29.9 Å². The molecule has 426 valence electrons. The van der Waals surface area contributed by atoms with Gasteiger partial charge >= 0.3 is 5.97 Å². The van der Waals surface area contributed by atoms with Gasteiger partial charge in [-0.25, -0.2) is 0 Å². The maximum atomic E-state index is 14.8. The second-order valence-electron chi connectivity index (χ2n) is 19.6. The number of unbranched alkanes of at least 4 members (excludes halogenated alkanes) is 2. The van der Waals surface area contributed by atoms with Crippen LogP contribution >= 0.6 is 11.8 Å². The summed E-state index contributed by atoms with van der Waals surface area (Å²) < 4.78 is 0. The molecule has 1 aromatic heterocycles. The number of benzene rings is 2. The van der Waals surface area contributed by atoms with Gasteiger partial charge in [-0.3, -0.25) is 43.2 Å². The zero-order valence-corrected chi connectivity index (χ0v) is 45.9. The summed E-state index contributed by atoms with van der Waals surface area (Å²) in [5, 5.41) is 41.3. The van der Waals surface area contributed by atoms with Crippen molar-refractivity contribution in [1.29, 1.82) is 0 Å². The number of phenols is 1. The number of nitrogens with one attached hydrogen (secondary N) is 9. The number of carboxylic acids is 1. The number of carbonyl (C=O) groups excluding carboxylic acids is 8. The lowest BCUT2D eigenvalue weighted by atomic mass is 9.95. The minimum absolute atomic E-state index is 0.0548. The third-order valence-electron chi connectivity index (χ3n) is 13.1. The van der Waals surface area contributed by atoms with Crippen molar-refractivity contribution in [1.82, 2.24) is 47.5 Å². The molecule has 23 nitrogen and oxygen atoms in total. The van der Waals surface area contributed by atoms with Crippen LogP contribution in [0.15, 0.2) is 54.7 Å². The number of fused-ring (bicyclic) bond motifs is 1. The second kappa shape index (κ2) is 33.4. The van der Waals surface area contributed by atoms with E-state index in [9.17, 15) is 48.3 Å². The Morgan fingerprint density at radius 3 is 1.75 bits per heavy atom. The Labute approximate surface area is 454 Å². The Balaban J connectivity index is 1.99. The average Bonchev–Trinajstić information content (AvgIpc) is 3.81. The smallest absolute Gasteiger partial charge is 0.322 e. The maximum absolute atomic E-state index is 14.8. The van der Waals surface area contributed by atoms with Gasteiger partial charge in [-0.15, -0.1) is 0 Å². The number of rotatable bonds is 35. The molecule has 3 rings (SSSR count). The first kappa shape index (κ1) is 64.5. The summed E-state index contributed by atoms with van der Waals surface area (Å²) in [6, 6.07) is 3.65. The third-order valence-corrected chi connectivity index (χ3v) is 13.7.